The van der Waals surface area contributed by atoms with Crippen LogP contribution in [0.15, 0.2) is 73.8 Å². The molecule has 0 spiro atoms. The first-order valence-corrected chi connectivity index (χ1v) is 13.5. The van der Waals surface area contributed by atoms with Gasteiger partial charge in [-0.15, -0.1) is 0 Å². The van der Waals surface area contributed by atoms with Gasteiger partial charge in [0.1, 0.15) is 25.4 Å². The third kappa shape index (κ3) is 5.07. The summed E-state index contributed by atoms with van der Waals surface area (Å²) in [5, 5.41) is -0.114. The van der Waals surface area contributed by atoms with Crippen molar-refractivity contribution in [1.82, 2.24) is 9.55 Å². The van der Waals surface area contributed by atoms with E-state index in [-0.39, 0.29) is 58.2 Å². The van der Waals surface area contributed by atoms with E-state index >= 15 is 0 Å². The summed E-state index contributed by atoms with van der Waals surface area (Å²) in [6.45, 7) is 1.22. The summed E-state index contributed by atoms with van der Waals surface area (Å²) in [4.78, 5) is 79.1. The fraction of sp³-hybridized carbons (Fsp3) is 0.226. The number of fused-ring (bicyclic) bond motifs is 2. The summed E-state index contributed by atoms with van der Waals surface area (Å²) in [6, 6.07) is 14.0. The lowest BCUT2D eigenvalue weighted by Crippen LogP contribution is -2.26. The Morgan fingerprint density at radius 1 is 0.744 bits per heavy atom. The number of nitrogens with zero attached hydrogens (tertiary/aromatic N) is 1. The highest BCUT2D eigenvalue weighted by atomic mass is 16.6. The number of epoxide rings is 2. The molecule has 2 saturated heterocycles. The second-order valence-electron chi connectivity index (χ2n) is 10.5. The van der Waals surface area contributed by atoms with Crippen LogP contribution in [0.5, 0.6) is 0 Å². The molecular weight excluding hydrogens is 560 g/mol. The molecule has 4 heterocycles. The third-order valence-electron chi connectivity index (χ3n) is 7.44. The number of esters is 2. The Morgan fingerprint density at radius 3 is 1.93 bits per heavy atom. The average molecular weight is 583 g/mol. The van der Waals surface area contributed by atoms with E-state index in [9.17, 15) is 28.8 Å². The number of carbonyl (C=O) groups is 2. The Kier molecular flexibility index (Phi) is 6.37. The topological polar surface area (TPSA) is 167 Å². The van der Waals surface area contributed by atoms with Gasteiger partial charge in [0, 0.05) is 0 Å². The van der Waals surface area contributed by atoms with E-state index in [2.05, 4.69) is 4.98 Å². The standard InChI is InChI=1S/C31H22N2O10/c34-26-20-9-22-23(10-21(20)27(35)32-26)29(37)33(28(22)36)25-5-4-16(8-24(25)31(39)43-14-19-12-41-19)6-15-2-1-3-17(7-15)30(38)42-13-18-11-40-18/h1-5,7-10,18-19H,6,11-14H2,(H,32,34,35). The molecule has 43 heavy (non-hydrogen) atoms. The predicted molar refractivity (Wildman–Crippen MR) is 152 cm³/mol. The van der Waals surface area contributed by atoms with Gasteiger partial charge in [0.25, 0.3) is 22.2 Å². The lowest BCUT2D eigenvalue weighted by atomic mass is 10.00. The number of benzene rings is 3. The van der Waals surface area contributed by atoms with Crippen molar-refractivity contribution in [3.8, 4) is 5.69 Å². The number of H-pyrrole nitrogens is 1. The Balaban J connectivity index is 1.27. The SMILES string of the molecule is O=C(OCC1CO1)c1cccc(Cc2ccc(-n3c(=O)c4cc5c(=O)[nH]c(=O)c5cc4c3=O)c(C(=O)OCC3CO3)c2)c1. The summed E-state index contributed by atoms with van der Waals surface area (Å²) in [6.07, 6.45) is 0.0425. The molecular formula is C31H22N2O10. The molecule has 0 amide bonds. The zero-order chi connectivity index (χ0) is 29.8. The molecule has 0 aliphatic carbocycles. The molecule has 2 aliphatic rings. The van der Waals surface area contributed by atoms with Crippen LogP contribution < -0.4 is 22.2 Å². The first-order valence-electron chi connectivity index (χ1n) is 13.5. The number of hydrogen-bond donors (Lipinski definition) is 1. The van der Waals surface area contributed by atoms with Crippen LogP contribution in [0, 0.1) is 0 Å². The fourth-order valence-electron chi connectivity index (χ4n) is 5.04. The second-order valence-corrected chi connectivity index (χ2v) is 10.5. The smallest absolute Gasteiger partial charge is 0.340 e. The van der Waals surface area contributed by atoms with Gasteiger partial charge in [0.2, 0.25) is 0 Å². The molecule has 5 aromatic rings. The van der Waals surface area contributed by atoms with Crippen LogP contribution in [-0.4, -0.2) is 60.1 Å². The number of aromatic nitrogens is 2. The van der Waals surface area contributed by atoms with Crippen molar-refractivity contribution in [3.63, 3.8) is 0 Å². The van der Waals surface area contributed by atoms with E-state index in [1.807, 2.05) is 6.07 Å². The third-order valence-corrected chi connectivity index (χ3v) is 7.44. The van der Waals surface area contributed by atoms with Gasteiger partial charge in [-0.2, -0.15) is 0 Å². The summed E-state index contributed by atoms with van der Waals surface area (Å²) in [7, 11) is 0. The quantitative estimate of drug-likeness (QED) is 0.197. The highest BCUT2D eigenvalue weighted by molar-refractivity contribution is 5.99. The summed E-state index contributed by atoms with van der Waals surface area (Å²) >= 11 is 0. The van der Waals surface area contributed by atoms with E-state index in [0.29, 0.717) is 30.8 Å². The van der Waals surface area contributed by atoms with Crippen molar-refractivity contribution in [1.29, 1.82) is 0 Å². The average Bonchev–Trinajstić information content (AvgIpc) is 3.94. The molecule has 2 atom stereocenters. The summed E-state index contributed by atoms with van der Waals surface area (Å²) in [5.41, 5.74) is -1.08. The maximum Gasteiger partial charge on any atom is 0.340 e. The minimum absolute atomic E-state index is 0.00171. The molecule has 2 fully saturated rings. The molecule has 0 saturated carbocycles. The van der Waals surface area contributed by atoms with Crippen LogP contribution in [0.1, 0.15) is 31.8 Å². The van der Waals surface area contributed by atoms with Gasteiger partial charge >= 0.3 is 11.9 Å². The Bertz CT molecular complexity index is 2080. The van der Waals surface area contributed by atoms with Crippen LogP contribution in [-0.2, 0) is 25.4 Å². The lowest BCUT2D eigenvalue weighted by molar-refractivity contribution is 0.0468. The maximum atomic E-state index is 13.5. The Hall–Kier alpha value is -5.20. The van der Waals surface area contributed by atoms with Crippen molar-refractivity contribution in [3.05, 3.63) is 118 Å². The number of rotatable bonds is 9. The number of carbonyl (C=O) groups excluding carboxylic acids is 2. The van der Waals surface area contributed by atoms with Crippen LogP contribution in [0.4, 0.5) is 0 Å². The zero-order valence-electron chi connectivity index (χ0n) is 22.4. The van der Waals surface area contributed by atoms with Crippen LogP contribution in [0.3, 0.4) is 0 Å². The Labute approximate surface area is 240 Å². The first-order chi connectivity index (χ1) is 20.8. The van der Waals surface area contributed by atoms with E-state index < -0.39 is 34.2 Å². The molecule has 2 aliphatic heterocycles. The van der Waals surface area contributed by atoms with Gasteiger partial charge in [0.05, 0.1) is 51.6 Å². The number of hydrogen-bond acceptors (Lipinski definition) is 10. The van der Waals surface area contributed by atoms with Gasteiger partial charge in [-0.25, -0.2) is 14.2 Å². The summed E-state index contributed by atoms with van der Waals surface area (Å²) in [5.74, 6) is -1.24. The van der Waals surface area contributed by atoms with E-state index in [1.165, 1.54) is 24.3 Å². The normalized spacial score (nSPS) is 17.3. The highest BCUT2D eigenvalue weighted by Crippen LogP contribution is 2.23. The zero-order valence-corrected chi connectivity index (χ0v) is 22.4. The number of aromatic amines is 1. The highest BCUT2D eigenvalue weighted by Gasteiger charge is 2.27. The maximum absolute atomic E-state index is 13.5. The van der Waals surface area contributed by atoms with Gasteiger partial charge in [0.15, 0.2) is 0 Å². The van der Waals surface area contributed by atoms with Crippen molar-refractivity contribution in [2.45, 2.75) is 18.6 Å². The fourth-order valence-corrected chi connectivity index (χ4v) is 5.04. The molecule has 1 N–H and O–H groups in total. The van der Waals surface area contributed by atoms with Gasteiger partial charge in [-0.1, -0.05) is 18.2 Å². The second kappa shape index (κ2) is 10.3. The van der Waals surface area contributed by atoms with E-state index in [0.717, 1.165) is 10.1 Å². The van der Waals surface area contributed by atoms with Gasteiger partial charge in [-0.3, -0.25) is 24.2 Å². The van der Waals surface area contributed by atoms with E-state index in [4.69, 9.17) is 18.9 Å². The predicted octanol–water partition coefficient (Wildman–Crippen LogP) is 1.13. The minimum Gasteiger partial charge on any atom is -0.459 e. The Morgan fingerprint density at radius 2 is 1.33 bits per heavy atom. The molecule has 0 bridgehead atoms. The molecule has 2 unspecified atom stereocenters. The number of nitrogens with one attached hydrogen (secondary N) is 1. The van der Waals surface area contributed by atoms with Crippen LogP contribution in [0.2, 0.25) is 0 Å². The van der Waals surface area contributed by atoms with Crippen molar-refractivity contribution in [2.75, 3.05) is 26.4 Å². The van der Waals surface area contributed by atoms with Crippen molar-refractivity contribution in [2.24, 2.45) is 0 Å². The van der Waals surface area contributed by atoms with E-state index in [1.54, 1.807) is 24.3 Å². The molecule has 2 aromatic heterocycles. The van der Waals surface area contributed by atoms with Crippen molar-refractivity contribution < 1.29 is 28.5 Å². The van der Waals surface area contributed by atoms with Crippen LogP contribution >= 0.6 is 0 Å². The summed E-state index contributed by atoms with van der Waals surface area (Å²) < 4.78 is 21.7. The molecule has 7 rings (SSSR count). The number of ether oxygens (including phenoxy) is 4. The monoisotopic (exact) mass is 582 g/mol. The molecule has 216 valence electrons. The van der Waals surface area contributed by atoms with Crippen LogP contribution in [0.25, 0.3) is 27.2 Å². The minimum atomic E-state index is -0.763. The molecule has 12 heteroatoms. The lowest BCUT2D eigenvalue weighted by Gasteiger charge is -2.12. The van der Waals surface area contributed by atoms with Gasteiger partial charge in [-0.05, 0) is 53.9 Å². The molecule has 3 aromatic carbocycles. The van der Waals surface area contributed by atoms with Gasteiger partial charge < -0.3 is 18.9 Å². The first kappa shape index (κ1) is 26.7. The molecule has 12 nitrogen and oxygen atoms in total. The molecule has 0 radical (unpaired) electrons. The van der Waals surface area contributed by atoms with Crippen molar-refractivity contribution >= 4 is 33.5 Å². The largest absolute Gasteiger partial charge is 0.459 e.